The van der Waals surface area contributed by atoms with Crippen LogP contribution in [-0.2, 0) is 26.5 Å². The SMILES string of the molecule is C1CCOC1.CC1=[C-]CC=C1.CC1=[C-]CC=C1.[Cl-].[Cl-].[Cl-].[Li+].[Ti+4]. The minimum atomic E-state index is 0. The van der Waals surface area contributed by atoms with Crippen LogP contribution in [0.25, 0.3) is 0 Å². The molecule has 0 aromatic carbocycles. The predicted octanol–water partition coefficient (Wildman–Crippen LogP) is -7.80. The van der Waals surface area contributed by atoms with Crippen molar-refractivity contribution < 1.29 is 82.5 Å². The van der Waals surface area contributed by atoms with Gasteiger partial charge in [-0.15, -0.1) is 12.8 Å². The minimum Gasteiger partial charge on any atom is -1.00 e. The van der Waals surface area contributed by atoms with Crippen LogP contribution >= 0.6 is 0 Å². The maximum absolute atomic E-state index is 4.94. The third-order valence-electron chi connectivity index (χ3n) is 2.56. The Labute approximate surface area is 181 Å². The molecule has 118 valence electrons. The minimum absolute atomic E-state index is 0. The summed E-state index contributed by atoms with van der Waals surface area (Å²) in [5, 5.41) is 0. The van der Waals surface area contributed by atoms with Gasteiger partial charge in [0.15, 0.2) is 0 Å². The molecule has 0 saturated carbocycles. The molecule has 0 N–H and O–H groups in total. The van der Waals surface area contributed by atoms with Gasteiger partial charge in [-0.3, -0.25) is 12.2 Å². The Hall–Kier alpha value is 1.10. The fourth-order valence-electron chi connectivity index (χ4n) is 1.54. The van der Waals surface area contributed by atoms with Crippen molar-refractivity contribution in [2.24, 2.45) is 0 Å². The van der Waals surface area contributed by atoms with Gasteiger partial charge in [0, 0.05) is 13.2 Å². The summed E-state index contributed by atoms with van der Waals surface area (Å²) in [5.74, 6) is 0. The molecular formula is C16H22Cl3LiOTi. The second-order valence-corrected chi connectivity index (χ2v) is 4.25. The van der Waals surface area contributed by atoms with Crippen LogP contribution in [0.5, 0.6) is 0 Å². The van der Waals surface area contributed by atoms with Crippen LogP contribution in [0, 0.1) is 12.2 Å². The fraction of sp³-hybridized carbons (Fsp3) is 0.500. The van der Waals surface area contributed by atoms with E-state index in [-0.39, 0.29) is 77.8 Å². The molecule has 0 bridgehead atoms. The summed E-state index contributed by atoms with van der Waals surface area (Å²) in [4.78, 5) is 0. The summed E-state index contributed by atoms with van der Waals surface area (Å²) in [6.07, 6.45) is 19.2. The van der Waals surface area contributed by atoms with Crippen molar-refractivity contribution in [1.82, 2.24) is 0 Å². The maximum atomic E-state index is 4.94. The van der Waals surface area contributed by atoms with Crippen molar-refractivity contribution in [2.75, 3.05) is 13.2 Å². The van der Waals surface area contributed by atoms with Gasteiger partial charge >= 0.3 is 40.6 Å². The molecule has 0 aromatic rings. The number of hydrogen-bond donors (Lipinski definition) is 0. The molecule has 0 spiro atoms. The predicted molar refractivity (Wildman–Crippen MR) is 72.4 cm³/mol. The smallest absolute Gasteiger partial charge is 1.00 e. The van der Waals surface area contributed by atoms with Crippen molar-refractivity contribution in [3.05, 3.63) is 47.6 Å². The Morgan fingerprint density at radius 2 is 1.18 bits per heavy atom. The van der Waals surface area contributed by atoms with Crippen molar-refractivity contribution in [1.29, 1.82) is 0 Å². The van der Waals surface area contributed by atoms with E-state index < -0.39 is 0 Å². The Bertz CT molecular complexity index is 297. The van der Waals surface area contributed by atoms with Crippen LogP contribution in [0.1, 0.15) is 39.5 Å². The van der Waals surface area contributed by atoms with Crippen LogP contribution in [0.4, 0.5) is 0 Å². The van der Waals surface area contributed by atoms with E-state index in [2.05, 4.69) is 50.3 Å². The third-order valence-corrected chi connectivity index (χ3v) is 2.56. The van der Waals surface area contributed by atoms with Crippen molar-refractivity contribution in [3.8, 4) is 0 Å². The van der Waals surface area contributed by atoms with Crippen molar-refractivity contribution in [3.63, 3.8) is 0 Å². The number of ether oxygens (including phenoxy) is 1. The molecule has 0 radical (unpaired) electrons. The topological polar surface area (TPSA) is 9.23 Å². The maximum Gasteiger partial charge on any atom is 4.00 e. The summed E-state index contributed by atoms with van der Waals surface area (Å²) >= 11 is 0. The van der Waals surface area contributed by atoms with Crippen molar-refractivity contribution >= 4 is 0 Å². The standard InChI is InChI=1S/2C6H7.C4H8O.3ClH.Li.Ti/c2*1-6-4-2-3-5-6;1-2-4-5-3-1;;;;;/h2*2,4H,3H2,1H3;1-4H2;3*1H;;/q2*-1;;;;;+1;+4/p-3. The van der Waals surface area contributed by atoms with Crippen LogP contribution in [0.2, 0.25) is 0 Å². The van der Waals surface area contributed by atoms with E-state index in [0.29, 0.717) is 0 Å². The molecule has 1 heterocycles. The largest absolute Gasteiger partial charge is 4.00 e. The molecule has 0 atom stereocenters. The normalized spacial score (nSPS) is 15.5. The average Bonchev–Trinajstić information content (AvgIpc) is 2.99. The number of rotatable bonds is 0. The van der Waals surface area contributed by atoms with Crippen LogP contribution < -0.4 is 56.1 Å². The zero-order valence-electron chi connectivity index (χ0n) is 13.6. The molecule has 1 aliphatic heterocycles. The molecule has 22 heavy (non-hydrogen) atoms. The molecule has 1 fully saturated rings. The monoisotopic (exact) mass is 390 g/mol. The average molecular weight is 392 g/mol. The zero-order chi connectivity index (χ0) is 12.3. The van der Waals surface area contributed by atoms with E-state index in [0.717, 1.165) is 26.1 Å². The summed E-state index contributed by atoms with van der Waals surface area (Å²) < 4.78 is 4.94. The Balaban J connectivity index is -0.0000000592. The first-order valence-corrected chi connectivity index (χ1v) is 6.34. The van der Waals surface area contributed by atoms with Gasteiger partial charge in [-0.05, 0) is 12.8 Å². The third kappa shape index (κ3) is 21.1. The van der Waals surface area contributed by atoms with Crippen LogP contribution in [-0.4, -0.2) is 13.2 Å². The van der Waals surface area contributed by atoms with Crippen molar-refractivity contribution in [2.45, 2.75) is 39.5 Å². The zero-order valence-corrected chi connectivity index (χ0v) is 17.4. The van der Waals surface area contributed by atoms with Gasteiger partial charge in [0.25, 0.3) is 0 Å². The molecular weight excluding hydrogens is 369 g/mol. The Morgan fingerprint density at radius 1 is 0.818 bits per heavy atom. The fourth-order valence-corrected chi connectivity index (χ4v) is 1.54. The molecule has 1 saturated heterocycles. The first-order chi connectivity index (χ1) is 8.29. The quantitative estimate of drug-likeness (QED) is 0.295. The summed E-state index contributed by atoms with van der Waals surface area (Å²) in [6, 6.07) is 0. The Kier molecular flexibility index (Phi) is 38.1. The second-order valence-electron chi connectivity index (χ2n) is 4.25. The van der Waals surface area contributed by atoms with Gasteiger partial charge in [-0.1, -0.05) is 13.8 Å². The number of halogens is 3. The number of allylic oxidation sites excluding steroid dienone is 8. The molecule has 1 nitrogen and oxygen atoms in total. The van der Waals surface area contributed by atoms with Gasteiger partial charge in [0.1, 0.15) is 0 Å². The molecule has 6 heteroatoms. The second kappa shape index (κ2) is 24.4. The summed E-state index contributed by atoms with van der Waals surface area (Å²) in [5.41, 5.74) is 2.55. The van der Waals surface area contributed by atoms with Gasteiger partial charge in [0.05, 0.1) is 0 Å². The van der Waals surface area contributed by atoms with E-state index in [1.807, 2.05) is 0 Å². The molecule has 0 unspecified atom stereocenters. The first-order valence-electron chi connectivity index (χ1n) is 6.34. The molecule has 0 amide bonds. The first kappa shape index (κ1) is 34.4. The summed E-state index contributed by atoms with van der Waals surface area (Å²) in [6.45, 7) is 6.12. The number of hydrogen-bond acceptors (Lipinski definition) is 1. The van der Waals surface area contributed by atoms with Crippen LogP contribution in [0.3, 0.4) is 0 Å². The van der Waals surface area contributed by atoms with Gasteiger partial charge in [-0.2, -0.15) is 12.2 Å². The van der Waals surface area contributed by atoms with Crippen LogP contribution in [0.15, 0.2) is 35.5 Å². The molecule has 0 aromatic heterocycles. The van der Waals surface area contributed by atoms with Gasteiger partial charge < -0.3 is 42.0 Å². The Morgan fingerprint density at radius 3 is 1.27 bits per heavy atom. The summed E-state index contributed by atoms with van der Waals surface area (Å²) in [7, 11) is 0. The molecule has 2 aliphatic carbocycles. The van der Waals surface area contributed by atoms with E-state index in [1.165, 1.54) is 24.0 Å². The van der Waals surface area contributed by atoms with Gasteiger partial charge in [-0.25, -0.2) is 23.3 Å². The molecule has 3 rings (SSSR count). The van der Waals surface area contributed by atoms with E-state index in [1.54, 1.807) is 0 Å². The van der Waals surface area contributed by atoms with E-state index >= 15 is 0 Å². The van der Waals surface area contributed by atoms with E-state index in [4.69, 9.17) is 4.74 Å². The van der Waals surface area contributed by atoms with E-state index in [9.17, 15) is 0 Å². The molecule has 3 aliphatic rings. The van der Waals surface area contributed by atoms with Gasteiger partial charge in [0.2, 0.25) is 0 Å².